The molecule has 0 atom stereocenters. The Morgan fingerprint density at radius 2 is 2.00 bits per heavy atom. The van der Waals surface area contributed by atoms with Crippen LogP contribution in [0.1, 0.15) is 31.1 Å². The van der Waals surface area contributed by atoms with E-state index in [-0.39, 0.29) is 27.3 Å². The Labute approximate surface area is 138 Å². The van der Waals surface area contributed by atoms with Crippen LogP contribution in [-0.2, 0) is 10.0 Å². The van der Waals surface area contributed by atoms with Gasteiger partial charge in [0.15, 0.2) is 0 Å². The van der Waals surface area contributed by atoms with Gasteiger partial charge in [0.25, 0.3) is 5.91 Å². The number of primary sulfonamides is 1. The van der Waals surface area contributed by atoms with Crippen LogP contribution >= 0.6 is 27.5 Å². The summed E-state index contributed by atoms with van der Waals surface area (Å²) in [6, 6.07) is 2.79. The number of carbonyl (C=O) groups excluding carboxylic acids is 1. The zero-order valence-electron chi connectivity index (χ0n) is 12.1. The molecule has 0 unspecified atom stereocenters. The van der Waals surface area contributed by atoms with Crippen LogP contribution < -0.4 is 5.14 Å². The minimum Gasteiger partial charge on any atom is -0.339 e. The van der Waals surface area contributed by atoms with Gasteiger partial charge in [-0.1, -0.05) is 41.4 Å². The van der Waals surface area contributed by atoms with Crippen LogP contribution in [0.4, 0.5) is 0 Å². The number of benzene rings is 1. The molecule has 0 saturated carbocycles. The third kappa shape index (κ3) is 4.67. The van der Waals surface area contributed by atoms with Crippen molar-refractivity contribution in [3.05, 3.63) is 27.2 Å². The van der Waals surface area contributed by atoms with Crippen molar-refractivity contribution in [1.82, 2.24) is 4.90 Å². The second-order valence-corrected chi connectivity index (χ2v) is 7.87. The van der Waals surface area contributed by atoms with Crippen molar-refractivity contribution in [1.29, 1.82) is 0 Å². The van der Waals surface area contributed by atoms with Gasteiger partial charge in [0, 0.05) is 17.6 Å². The number of sulfonamides is 1. The van der Waals surface area contributed by atoms with Crippen LogP contribution in [0, 0.1) is 5.92 Å². The maximum atomic E-state index is 12.5. The molecule has 2 N–H and O–H groups in total. The van der Waals surface area contributed by atoms with E-state index in [1.54, 1.807) is 4.90 Å². The molecule has 0 heterocycles. The van der Waals surface area contributed by atoms with E-state index in [1.165, 1.54) is 12.1 Å². The molecule has 0 radical (unpaired) electrons. The molecule has 1 rings (SSSR count). The molecule has 1 amide bonds. The number of nitrogens with zero attached hydrogens (tertiary/aromatic N) is 1. The molecule has 0 aromatic heterocycles. The van der Waals surface area contributed by atoms with Gasteiger partial charge in [0.1, 0.15) is 4.90 Å². The highest BCUT2D eigenvalue weighted by Gasteiger charge is 2.24. The summed E-state index contributed by atoms with van der Waals surface area (Å²) in [5.41, 5.74) is 0.123. The first-order chi connectivity index (χ1) is 9.57. The number of amides is 1. The van der Waals surface area contributed by atoms with Crippen LogP contribution in [0.15, 0.2) is 21.5 Å². The van der Waals surface area contributed by atoms with Crippen LogP contribution in [0.5, 0.6) is 0 Å². The number of nitrogens with two attached hydrogens (primary N) is 1. The fourth-order valence-electron chi connectivity index (χ4n) is 1.89. The van der Waals surface area contributed by atoms with Crippen LogP contribution in [0.2, 0.25) is 5.02 Å². The van der Waals surface area contributed by atoms with Gasteiger partial charge in [-0.05, 0) is 25.0 Å². The molecule has 1 aromatic rings. The quantitative estimate of drug-likeness (QED) is 0.829. The van der Waals surface area contributed by atoms with E-state index < -0.39 is 10.0 Å². The van der Waals surface area contributed by atoms with E-state index in [9.17, 15) is 13.2 Å². The molecule has 0 spiro atoms. The fraction of sp³-hybridized carbons (Fsp3) is 0.462. The van der Waals surface area contributed by atoms with Gasteiger partial charge in [-0.15, -0.1) is 0 Å². The molecular formula is C13H18BrClN2O3S. The van der Waals surface area contributed by atoms with Crippen LogP contribution in [-0.4, -0.2) is 32.3 Å². The van der Waals surface area contributed by atoms with Crippen molar-refractivity contribution >= 4 is 43.5 Å². The minimum absolute atomic E-state index is 0.123. The Hall–Kier alpha value is -0.630. The van der Waals surface area contributed by atoms with Crippen molar-refractivity contribution in [2.45, 2.75) is 25.7 Å². The molecule has 8 heteroatoms. The Morgan fingerprint density at radius 3 is 2.43 bits per heavy atom. The van der Waals surface area contributed by atoms with Crippen molar-refractivity contribution < 1.29 is 13.2 Å². The topological polar surface area (TPSA) is 80.5 Å². The molecule has 0 bridgehead atoms. The van der Waals surface area contributed by atoms with E-state index >= 15 is 0 Å². The second-order valence-electron chi connectivity index (χ2n) is 5.05. The summed E-state index contributed by atoms with van der Waals surface area (Å²) in [5.74, 6) is -0.0278. The lowest BCUT2D eigenvalue weighted by molar-refractivity contribution is 0.0745. The van der Waals surface area contributed by atoms with E-state index in [1.807, 2.05) is 20.8 Å². The first-order valence-electron chi connectivity index (χ1n) is 6.39. The molecule has 21 heavy (non-hydrogen) atoms. The zero-order valence-corrected chi connectivity index (χ0v) is 15.2. The van der Waals surface area contributed by atoms with E-state index in [4.69, 9.17) is 16.7 Å². The molecule has 0 aliphatic carbocycles. The average molecular weight is 398 g/mol. The van der Waals surface area contributed by atoms with Gasteiger partial charge in [0.05, 0.1) is 10.6 Å². The predicted octanol–water partition coefficient (Wildman–Crippen LogP) is 2.87. The summed E-state index contributed by atoms with van der Waals surface area (Å²) >= 11 is 9.25. The first kappa shape index (κ1) is 18.4. The van der Waals surface area contributed by atoms with Crippen molar-refractivity contribution in [3.63, 3.8) is 0 Å². The Bertz CT molecular complexity index is 647. The average Bonchev–Trinajstić information content (AvgIpc) is 2.36. The SMILES string of the molecule is CCN(CC(C)C)C(=O)c1cc(Br)cc(S(N)(=O)=O)c1Cl. The third-order valence-electron chi connectivity index (χ3n) is 2.80. The Kier molecular flexibility index (Phi) is 6.22. The van der Waals surface area contributed by atoms with Crippen LogP contribution in [0.25, 0.3) is 0 Å². The summed E-state index contributed by atoms with van der Waals surface area (Å²) in [6.45, 7) is 6.91. The van der Waals surface area contributed by atoms with E-state index in [0.29, 0.717) is 17.6 Å². The lowest BCUT2D eigenvalue weighted by atomic mass is 10.1. The van der Waals surface area contributed by atoms with Crippen molar-refractivity contribution in [2.75, 3.05) is 13.1 Å². The maximum absolute atomic E-state index is 12.5. The summed E-state index contributed by atoms with van der Waals surface area (Å²) in [4.78, 5) is 13.9. The predicted molar refractivity (Wildman–Crippen MR) is 86.9 cm³/mol. The highest BCUT2D eigenvalue weighted by molar-refractivity contribution is 9.10. The smallest absolute Gasteiger partial charge is 0.255 e. The van der Waals surface area contributed by atoms with Crippen molar-refractivity contribution in [2.24, 2.45) is 11.1 Å². The molecule has 0 aliphatic heterocycles. The highest BCUT2D eigenvalue weighted by atomic mass is 79.9. The van der Waals surface area contributed by atoms with Crippen LogP contribution in [0.3, 0.4) is 0 Å². The van der Waals surface area contributed by atoms with Gasteiger partial charge in [-0.25, -0.2) is 13.6 Å². The largest absolute Gasteiger partial charge is 0.339 e. The molecule has 0 saturated heterocycles. The lowest BCUT2D eigenvalue weighted by Crippen LogP contribution is -2.34. The number of carbonyl (C=O) groups is 1. The number of rotatable bonds is 5. The second kappa shape index (κ2) is 7.09. The van der Waals surface area contributed by atoms with E-state index in [0.717, 1.165) is 0 Å². The Balaban J connectivity index is 3.36. The van der Waals surface area contributed by atoms with Gasteiger partial charge >= 0.3 is 0 Å². The lowest BCUT2D eigenvalue weighted by Gasteiger charge is -2.24. The van der Waals surface area contributed by atoms with Gasteiger partial charge in [-0.2, -0.15) is 0 Å². The normalized spacial score (nSPS) is 11.8. The molecular weight excluding hydrogens is 380 g/mol. The molecule has 118 valence electrons. The zero-order chi connectivity index (χ0) is 16.4. The molecule has 5 nitrogen and oxygen atoms in total. The fourth-order valence-corrected chi connectivity index (χ4v) is 3.67. The number of hydrogen-bond donors (Lipinski definition) is 1. The maximum Gasteiger partial charge on any atom is 0.255 e. The summed E-state index contributed by atoms with van der Waals surface area (Å²) < 4.78 is 23.5. The van der Waals surface area contributed by atoms with E-state index in [2.05, 4.69) is 15.9 Å². The summed E-state index contributed by atoms with van der Waals surface area (Å²) in [5, 5.41) is 4.98. The van der Waals surface area contributed by atoms with Crippen molar-refractivity contribution in [3.8, 4) is 0 Å². The monoisotopic (exact) mass is 396 g/mol. The standard InChI is InChI=1S/C13H18BrClN2O3S/c1-4-17(7-8(2)3)13(18)10-5-9(14)6-11(12(10)15)21(16,19)20/h5-6,8H,4,7H2,1-3H3,(H2,16,19,20). The van der Waals surface area contributed by atoms with Gasteiger partial charge in [-0.3, -0.25) is 4.79 Å². The molecule has 0 fully saturated rings. The minimum atomic E-state index is -4.00. The molecule has 1 aromatic carbocycles. The number of hydrogen-bond acceptors (Lipinski definition) is 3. The highest BCUT2D eigenvalue weighted by Crippen LogP contribution is 2.30. The summed E-state index contributed by atoms with van der Waals surface area (Å²) in [7, 11) is -4.00. The third-order valence-corrected chi connectivity index (χ3v) is 4.71. The summed E-state index contributed by atoms with van der Waals surface area (Å²) in [6.07, 6.45) is 0. The molecule has 0 aliphatic rings. The van der Waals surface area contributed by atoms with Gasteiger partial charge < -0.3 is 4.90 Å². The van der Waals surface area contributed by atoms with Gasteiger partial charge in [0.2, 0.25) is 10.0 Å². The Morgan fingerprint density at radius 1 is 1.43 bits per heavy atom. The first-order valence-corrected chi connectivity index (χ1v) is 9.10. The number of halogens is 2.